The van der Waals surface area contributed by atoms with Crippen molar-refractivity contribution in [2.45, 2.75) is 18.5 Å². The van der Waals surface area contributed by atoms with E-state index in [2.05, 4.69) is 4.74 Å². The van der Waals surface area contributed by atoms with Gasteiger partial charge in [0.15, 0.2) is 0 Å². The maximum atomic E-state index is 13.0. The Kier molecular flexibility index (Phi) is 5.26. The SMILES string of the molecule is N#C/C(=C\c1ccc(OC(F)(F)[C@H](F)C(F)(F)F)cc1)C(=O)[O-]. The number of benzene rings is 1. The molecule has 0 amide bonds. The summed E-state index contributed by atoms with van der Waals surface area (Å²) < 4.78 is 78.2. The molecule has 4 nitrogen and oxygen atoms in total. The van der Waals surface area contributed by atoms with Crippen molar-refractivity contribution < 1.29 is 41.0 Å². The zero-order chi connectivity index (χ0) is 17.8. The number of nitrogens with zero attached hydrogens (tertiary/aromatic N) is 1. The Labute approximate surface area is 125 Å². The molecule has 0 aliphatic rings. The summed E-state index contributed by atoms with van der Waals surface area (Å²) >= 11 is 0. The number of carboxylic acid groups (broad SMARTS) is 1. The van der Waals surface area contributed by atoms with Crippen LogP contribution in [0.25, 0.3) is 6.08 Å². The van der Waals surface area contributed by atoms with Gasteiger partial charge in [-0.05, 0) is 23.8 Å². The first-order valence-corrected chi connectivity index (χ1v) is 5.68. The number of alkyl halides is 6. The van der Waals surface area contributed by atoms with Crippen molar-refractivity contribution in [3.63, 3.8) is 0 Å². The molecule has 1 aromatic rings. The highest BCUT2D eigenvalue weighted by Crippen LogP contribution is 2.36. The van der Waals surface area contributed by atoms with Crippen LogP contribution in [-0.4, -0.2) is 24.4 Å². The smallest absolute Gasteiger partial charge is 0.439 e. The molecule has 0 spiro atoms. The Balaban J connectivity index is 2.94. The summed E-state index contributed by atoms with van der Waals surface area (Å²) in [4.78, 5) is 10.5. The van der Waals surface area contributed by atoms with Crippen molar-refractivity contribution in [3.8, 4) is 11.8 Å². The van der Waals surface area contributed by atoms with Crippen molar-refractivity contribution in [3.05, 3.63) is 35.4 Å². The van der Waals surface area contributed by atoms with Gasteiger partial charge >= 0.3 is 12.3 Å². The van der Waals surface area contributed by atoms with Crippen LogP contribution in [0.5, 0.6) is 5.75 Å². The predicted molar refractivity (Wildman–Crippen MR) is 61.6 cm³/mol. The third-order valence-corrected chi connectivity index (χ3v) is 2.37. The van der Waals surface area contributed by atoms with Gasteiger partial charge in [-0.25, -0.2) is 4.39 Å². The largest absolute Gasteiger partial charge is 0.544 e. The lowest BCUT2D eigenvalue weighted by Crippen LogP contribution is -2.45. The molecule has 0 unspecified atom stereocenters. The third-order valence-electron chi connectivity index (χ3n) is 2.37. The van der Waals surface area contributed by atoms with E-state index < -0.39 is 35.7 Å². The minimum atomic E-state index is -5.80. The molecule has 0 fully saturated rings. The molecule has 1 atom stereocenters. The minimum absolute atomic E-state index is 0.0500. The van der Waals surface area contributed by atoms with Crippen LogP contribution in [0.15, 0.2) is 29.8 Å². The van der Waals surface area contributed by atoms with Crippen LogP contribution in [0.3, 0.4) is 0 Å². The summed E-state index contributed by atoms with van der Waals surface area (Å²) in [7, 11) is 0. The van der Waals surface area contributed by atoms with Gasteiger partial charge in [0.05, 0.1) is 11.5 Å². The molecule has 1 aromatic carbocycles. The normalized spacial score (nSPS) is 14.0. The van der Waals surface area contributed by atoms with E-state index in [9.17, 15) is 36.2 Å². The van der Waals surface area contributed by atoms with E-state index >= 15 is 0 Å². The zero-order valence-electron chi connectivity index (χ0n) is 10.9. The molecular weight excluding hydrogens is 332 g/mol. The lowest BCUT2D eigenvalue weighted by Gasteiger charge is -2.23. The van der Waals surface area contributed by atoms with Gasteiger partial charge in [-0.3, -0.25) is 0 Å². The van der Waals surface area contributed by atoms with Crippen molar-refractivity contribution in [1.82, 2.24) is 0 Å². The van der Waals surface area contributed by atoms with E-state index in [4.69, 9.17) is 5.26 Å². The monoisotopic (exact) mass is 338 g/mol. The fourth-order valence-electron chi connectivity index (χ4n) is 1.34. The average molecular weight is 338 g/mol. The van der Waals surface area contributed by atoms with Gasteiger partial charge in [-0.2, -0.15) is 27.2 Å². The molecule has 0 heterocycles. The Morgan fingerprint density at radius 3 is 2.13 bits per heavy atom. The maximum Gasteiger partial charge on any atom is 0.439 e. The van der Waals surface area contributed by atoms with Crippen LogP contribution in [0, 0.1) is 11.3 Å². The first-order chi connectivity index (χ1) is 10.5. The number of halogens is 6. The topological polar surface area (TPSA) is 73.1 Å². The fraction of sp³-hybridized carbons (Fsp3) is 0.231. The van der Waals surface area contributed by atoms with E-state index in [1.807, 2.05) is 0 Å². The number of hydrogen-bond acceptors (Lipinski definition) is 4. The average Bonchev–Trinajstić information content (AvgIpc) is 2.44. The minimum Gasteiger partial charge on any atom is -0.544 e. The van der Waals surface area contributed by atoms with Gasteiger partial charge in [0, 0.05) is 0 Å². The van der Waals surface area contributed by atoms with Crippen molar-refractivity contribution in [2.24, 2.45) is 0 Å². The number of aliphatic carboxylic acids is 1. The van der Waals surface area contributed by atoms with Crippen LogP contribution in [-0.2, 0) is 4.79 Å². The summed E-state index contributed by atoms with van der Waals surface area (Å²) in [5.41, 5.74) is -0.709. The van der Waals surface area contributed by atoms with Crippen LogP contribution < -0.4 is 9.84 Å². The maximum absolute atomic E-state index is 13.0. The van der Waals surface area contributed by atoms with Crippen LogP contribution in [0.4, 0.5) is 26.3 Å². The standard InChI is InChI=1S/C13H7F6NO3/c14-11(12(15,16)17)13(18,19)23-9-3-1-7(2-4-9)5-8(6-20)10(21)22/h1-5,11H,(H,21,22)/p-1/b8-5+/t11-/m1/s1. The molecule has 0 radical (unpaired) electrons. The molecule has 0 aliphatic carbocycles. The van der Waals surface area contributed by atoms with Gasteiger partial charge in [0.1, 0.15) is 11.8 Å². The molecule has 124 valence electrons. The molecule has 10 heteroatoms. The molecule has 1 rings (SSSR count). The fourth-order valence-corrected chi connectivity index (χ4v) is 1.34. The summed E-state index contributed by atoms with van der Waals surface area (Å²) in [6, 6.07) is 4.78. The molecular formula is C13H6F6NO3-. The first-order valence-electron chi connectivity index (χ1n) is 5.68. The van der Waals surface area contributed by atoms with Crippen LogP contribution in [0.2, 0.25) is 0 Å². The second-order valence-corrected chi connectivity index (χ2v) is 4.09. The van der Waals surface area contributed by atoms with Gasteiger partial charge in [0.2, 0.25) is 0 Å². The van der Waals surface area contributed by atoms with E-state index in [1.165, 1.54) is 6.07 Å². The Bertz CT molecular complexity index is 645. The molecule has 0 bridgehead atoms. The van der Waals surface area contributed by atoms with Gasteiger partial charge in [-0.15, -0.1) is 0 Å². The highest BCUT2D eigenvalue weighted by molar-refractivity contribution is 5.95. The Hall–Kier alpha value is -2.70. The Morgan fingerprint density at radius 2 is 1.74 bits per heavy atom. The van der Waals surface area contributed by atoms with E-state index in [-0.39, 0.29) is 5.56 Å². The van der Waals surface area contributed by atoms with Crippen molar-refractivity contribution >= 4 is 12.0 Å². The van der Waals surface area contributed by atoms with Crippen molar-refractivity contribution in [1.29, 1.82) is 5.26 Å². The molecule has 0 saturated carbocycles. The quantitative estimate of drug-likeness (QED) is 0.469. The lowest BCUT2D eigenvalue weighted by molar-refractivity contribution is -0.305. The highest BCUT2D eigenvalue weighted by Gasteiger charge is 2.59. The molecule has 0 saturated heterocycles. The van der Waals surface area contributed by atoms with E-state index in [0.717, 1.165) is 30.3 Å². The Morgan fingerprint density at radius 1 is 1.22 bits per heavy atom. The molecule has 0 aromatic heterocycles. The van der Waals surface area contributed by atoms with Crippen LogP contribution >= 0.6 is 0 Å². The molecule has 0 aliphatic heterocycles. The number of hydrogen-bond donors (Lipinski definition) is 0. The van der Waals surface area contributed by atoms with Crippen molar-refractivity contribution in [2.75, 3.05) is 0 Å². The number of rotatable bonds is 5. The molecule has 0 N–H and O–H groups in total. The summed E-state index contributed by atoms with van der Waals surface area (Å²) in [6.07, 6.45) is -14.6. The lowest BCUT2D eigenvalue weighted by atomic mass is 10.1. The van der Waals surface area contributed by atoms with E-state index in [0.29, 0.717) is 0 Å². The van der Waals surface area contributed by atoms with Crippen LogP contribution in [0.1, 0.15) is 5.56 Å². The zero-order valence-corrected chi connectivity index (χ0v) is 10.9. The van der Waals surface area contributed by atoms with Gasteiger partial charge < -0.3 is 14.6 Å². The van der Waals surface area contributed by atoms with Gasteiger partial charge in [-0.1, -0.05) is 12.1 Å². The highest BCUT2D eigenvalue weighted by atomic mass is 19.4. The second kappa shape index (κ2) is 6.60. The first kappa shape index (κ1) is 18.3. The summed E-state index contributed by atoms with van der Waals surface area (Å²) in [5, 5.41) is 19.0. The predicted octanol–water partition coefficient (Wildman–Crippen LogP) is 2.22. The van der Waals surface area contributed by atoms with Gasteiger partial charge in [0.25, 0.3) is 6.17 Å². The number of carbonyl (C=O) groups excluding carboxylic acids is 1. The number of ether oxygens (including phenoxy) is 1. The second-order valence-electron chi connectivity index (χ2n) is 4.09. The number of carbonyl (C=O) groups is 1. The molecule has 23 heavy (non-hydrogen) atoms. The number of carboxylic acids is 1. The summed E-state index contributed by atoms with van der Waals surface area (Å²) in [5.74, 6) is -2.56. The number of nitriles is 1. The summed E-state index contributed by atoms with van der Waals surface area (Å²) in [6.45, 7) is 0. The van der Waals surface area contributed by atoms with E-state index in [1.54, 1.807) is 0 Å². The third kappa shape index (κ3) is 4.91.